The van der Waals surface area contributed by atoms with Gasteiger partial charge in [-0.1, -0.05) is 31.5 Å². The van der Waals surface area contributed by atoms with E-state index in [1.807, 2.05) is 19.1 Å². The molecule has 0 aliphatic heterocycles. The van der Waals surface area contributed by atoms with Gasteiger partial charge in [0.05, 0.1) is 0 Å². The van der Waals surface area contributed by atoms with Gasteiger partial charge in [-0.25, -0.2) is 0 Å². The first-order valence-electron chi connectivity index (χ1n) is 6.73. The van der Waals surface area contributed by atoms with Gasteiger partial charge in [-0.05, 0) is 43.9 Å². The van der Waals surface area contributed by atoms with Gasteiger partial charge in [-0.2, -0.15) is 0 Å². The van der Waals surface area contributed by atoms with Crippen LogP contribution in [0.1, 0.15) is 33.3 Å². The molecule has 0 bridgehead atoms. The molecule has 18 heavy (non-hydrogen) atoms. The zero-order valence-electron chi connectivity index (χ0n) is 11.9. The zero-order valence-corrected chi connectivity index (χ0v) is 12.7. The second-order valence-corrected chi connectivity index (χ2v) is 5.76. The number of benzene rings is 1. The van der Waals surface area contributed by atoms with Gasteiger partial charge in [0.25, 0.3) is 0 Å². The molecule has 0 fully saturated rings. The molecular weight excluding hydrogens is 244 g/mol. The summed E-state index contributed by atoms with van der Waals surface area (Å²) in [5, 5.41) is 0.826. The van der Waals surface area contributed by atoms with Crippen LogP contribution in [0.15, 0.2) is 18.2 Å². The first kappa shape index (κ1) is 15.3. The van der Waals surface area contributed by atoms with Crippen molar-refractivity contribution in [1.29, 1.82) is 0 Å². The maximum absolute atomic E-state index is 6.33. The summed E-state index contributed by atoms with van der Waals surface area (Å²) in [6.45, 7) is 10.7. The first-order chi connectivity index (χ1) is 8.45. The van der Waals surface area contributed by atoms with Crippen molar-refractivity contribution in [2.75, 3.05) is 18.0 Å². The standard InChI is InChI=1S/C15H25ClN2/c1-5-18(10-11(2)3)15-8-6-7-14(16)13(15)9-12(4)17/h6-8,11-12H,5,9-10,17H2,1-4H3. The lowest BCUT2D eigenvalue weighted by Gasteiger charge is -2.28. The highest BCUT2D eigenvalue weighted by molar-refractivity contribution is 6.31. The third-order valence-electron chi connectivity index (χ3n) is 2.93. The third-order valence-corrected chi connectivity index (χ3v) is 3.28. The highest BCUT2D eigenvalue weighted by Crippen LogP contribution is 2.29. The van der Waals surface area contributed by atoms with E-state index < -0.39 is 0 Å². The van der Waals surface area contributed by atoms with Gasteiger partial charge in [0.2, 0.25) is 0 Å². The van der Waals surface area contributed by atoms with Gasteiger partial charge in [0.15, 0.2) is 0 Å². The number of nitrogens with zero attached hydrogens (tertiary/aromatic N) is 1. The second-order valence-electron chi connectivity index (χ2n) is 5.35. The number of hydrogen-bond donors (Lipinski definition) is 1. The summed E-state index contributed by atoms with van der Waals surface area (Å²) in [6.07, 6.45) is 0.823. The molecule has 0 aliphatic rings. The van der Waals surface area contributed by atoms with Crippen LogP contribution in [0.25, 0.3) is 0 Å². The molecule has 102 valence electrons. The Morgan fingerprint density at radius 1 is 1.28 bits per heavy atom. The fraction of sp³-hybridized carbons (Fsp3) is 0.600. The molecule has 2 N–H and O–H groups in total. The Morgan fingerprint density at radius 2 is 1.94 bits per heavy atom. The van der Waals surface area contributed by atoms with E-state index in [2.05, 4.69) is 31.7 Å². The fourth-order valence-electron chi connectivity index (χ4n) is 2.21. The van der Waals surface area contributed by atoms with Crippen LogP contribution in [0.3, 0.4) is 0 Å². The minimum atomic E-state index is 0.126. The van der Waals surface area contributed by atoms with Gasteiger partial charge in [0, 0.05) is 29.8 Å². The second kappa shape index (κ2) is 7.01. The van der Waals surface area contributed by atoms with Gasteiger partial charge < -0.3 is 10.6 Å². The molecule has 0 aliphatic carbocycles. The van der Waals surface area contributed by atoms with Crippen LogP contribution in [0, 0.1) is 5.92 Å². The summed E-state index contributed by atoms with van der Waals surface area (Å²) >= 11 is 6.33. The quantitative estimate of drug-likeness (QED) is 0.852. The molecule has 0 saturated heterocycles. The predicted molar refractivity (Wildman–Crippen MR) is 81.5 cm³/mol. The van der Waals surface area contributed by atoms with E-state index in [0.29, 0.717) is 5.92 Å². The SMILES string of the molecule is CCN(CC(C)C)c1cccc(Cl)c1CC(C)N. The minimum absolute atomic E-state index is 0.126. The molecular formula is C15H25ClN2. The van der Waals surface area contributed by atoms with Crippen molar-refractivity contribution in [3.05, 3.63) is 28.8 Å². The molecule has 1 rings (SSSR count). The summed E-state index contributed by atoms with van der Waals surface area (Å²) in [7, 11) is 0. The molecule has 1 aromatic rings. The normalized spacial score (nSPS) is 12.8. The highest BCUT2D eigenvalue weighted by Gasteiger charge is 2.14. The van der Waals surface area contributed by atoms with Crippen LogP contribution >= 0.6 is 11.6 Å². The molecule has 3 heteroatoms. The predicted octanol–water partition coefficient (Wildman–Crippen LogP) is 3.71. The molecule has 0 saturated carbocycles. The van der Waals surface area contributed by atoms with Crippen molar-refractivity contribution in [3.8, 4) is 0 Å². The number of anilines is 1. The number of hydrogen-bond acceptors (Lipinski definition) is 2. The number of rotatable bonds is 6. The van der Waals surface area contributed by atoms with Crippen LogP contribution in [0.5, 0.6) is 0 Å². The lowest BCUT2D eigenvalue weighted by atomic mass is 10.0. The molecule has 1 unspecified atom stereocenters. The largest absolute Gasteiger partial charge is 0.371 e. The van der Waals surface area contributed by atoms with E-state index in [-0.39, 0.29) is 6.04 Å². The Kier molecular flexibility index (Phi) is 5.97. The van der Waals surface area contributed by atoms with E-state index in [1.54, 1.807) is 0 Å². The lowest BCUT2D eigenvalue weighted by molar-refractivity contribution is 0.615. The van der Waals surface area contributed by atoms with E-state index in [9.17, 15) is 0 Å². The Hall–Kier alpha value is -0.730. The summed E-state index contributed by atoms with van der Waals surface area (Å²) in [6, 6.07) is 6.24. The Balaban J connectivity index is 3.08. The molecule has 0 amide bonds. The van der Waals surface area contributed by atoms with Gasteiger partial charge in [0.1, 0.15) is 0 Å². The smallest absolute Gasteiger partial charge is 0.0459 e. The Bertz CT molecular complexity index is 375. The van der Waals surface area contributed by atoms with E-state index in [1.165, 1.54) is 11.3 Å². The molecule has 2 nitrogen and oxygen atoms in total. The van der Waals surface area contributed by atoms with E-state index in [4.69, 9.17) is 17.3 Å². The van der Waals surface area contributed by atoms with Crippen LogP contribution in [-0.4, -0.2) is 19.1 Å². The van der Waals surface area contributed by atoms with Crippen LogP contribution < -0.4 is 10.6 Å². The number of nitrogens with two attached hydrogens (primary N) is 1. The van der Waals surface area contributed by atoms with Crippen LogP contribution in [0.4, 0.5) is 5.69 Å². The summed E-state index contributed by atoms with van der Waals surface area (Å²) in [4.78, 5) is 2.38. The summed E-state index contributed by atoms with van der Waals surface area (Å²) in [5.41, 5.74) is 8.34. The van der Waals surface area contributed by atoms with E-state index in [0.717, 1.165) is 24.5 Å². The molecule has 0 heterocycles. The summed E-state index contributed by atoms with van der Waals surface area (Å²) in [5.74, 6) is 0.632. The fourth-order valence-corrected chi connectivity index (χ4v) is 2.45. The molecule has 0 spiro atoms. The average molecular weight is 269 g/mol. The molecule has 0 aromatic heterocycles. The van der Waals surface area contributed by atoms with Crippen molar-refractivity contribution in [1.82, 2.24) is 0 Å². The van der Waals surface area contributed by atoms with Crippen molar-refractivity contribution < 1.29 is 0 Å². The van der Waals surface area contributed by atoms with Gasteiger partial charge in [-0.15, -0.1) is 0 Å². The zero-order chi connectivity index (χ0) is 13.7. The topological polar surface area (TPSA) is 29.3 Å². The van der Waals surface area contributed by atoms with E-state index >= 15 is 0 Å². The van der Waals surface area contributed by atoms with Crippen LogP contribution in [-0.2, 0) is 6.42 Å². The first-order valence-corrected chi connectivity index (χ1v) is 7.11. The number of halogens is 1. The molecule has 1 atom stereocenters. The van der Waals surface area contributed by atoms with Crippen molar-refractivity contribution in [3.63, 3.8) is 0 Å². The summed E-state index contributed by atoms with van der Waals surface area (Å²) < 4.78 is 0. The lowest BCUT2D eigenvalue weighted by Crippen LogP contribution is -2.29. The Labute approximate surface area is 116 Å². The molecule has 0 radical (unpaired) electrons. The third kappa shape index (κ3) is 4.18. The van der Waals surface area contributed by atoms with Gasteiger partial charge >= 0.3 is 0 Å². The van der Waals surface area contributed by atoms with Crippen LogP contribution in [0.2, 0.25) is 5.02 Å². The minimum Gasteiger partial charge on any atom is -0.371 e. The van der Waals surface area contributed by atoms with Crippen molar-refractivity contribution in [2.24, 2.45) is 11.7 Å². The van der Waals surface area contributed by atoms with Crippen molar-refractivity contribution >= 4 is 17.3 Å². The monoisotopic (exact) mass is 268 g/mol. The molecule has 1 aromatic carbocycles. The van der Waals surface area contributed by atoms with Gasteiger partial charge in [-0.3, -0.25) is 0 Å². The maximum atomic E-state index is 6.33. The van der Waals surface area contributed by atoms with Crippen molar-refractivity contribution in [2.45, 2.75) is 40.2 Å². The highest BCUT2D eigenvalue weighted by atomic mass is 35.5. The maximum Gasteiger partial charge on any atom is 0.0459 e. The Morgan fingerprint density at radius 3 is 2.44 bits per heavy atom. The average Bonchev–Trinajstić information content (AvgIpc) is 2.28.